The molecule has 1 amide bonds. The normalized spacial score (nSPS) is 18.4. The van der Waals surface area contributed by atoms with Crippen molar-refractivity contribution in [1.82, 2.24) is 18.9 Å². The largest absolute Gasteiger partial charge is 0.384 e. The van der Waals surface area contributed by atoms with E-state index in [0.29, 0.717) is 26.2 Å². The van der Waals surface area contributed by atoms with Gasteiger partial charge in [-0.1, -0.05) is 0 Å². The number of nitrogen functional groups attached to an aromatic ring is 1. The molecule has 1 aromatic rings. The van der Waals surface area contributed by atoms with E-state index in [1.165, 1.54) is 14.1 Å². The highest BCUT2D eigenvalue weighted by Gasteiger charge is 2.35. The van der Waals surface area contributed by atoms with Gasteiger partial charge in [0, 0.05) is 46.2 Å². The monoisotopic (exact) mass is 349 g/mol. The smallest absolute Gasteiger partial charge is 0.332 e. The minimum absolute atomic E-state index is 0.0447. The maximum absolute atomic E-state index is 12.6. The number of carbonyl (C=O) groups is 2. The molecule has 0 unspecified atom stereocenters. The average molecular weight is 349 g/mol. The Labute approximate surface area is 144 Å². The summed E-state index contributed by atoms with van der Waals surface area (Å²) in [5.74, 6) is -0.111. The maximum atomic E-state index is 12.6. The van der Waals surface area contributed by atoms with Crippen LogP contribution in [0, 0.1) is 5.92 Å². The molecule has 0 aromatic carbocycles. The number of nitrogens with zero attached hydrogens (tertiary/aromatic N) is 4. The summed E-state index contributed by atoms with van der Waals surface area (Å²) < 4.78 is 1.98. The first-order valence-corrected chi connectivity index (χ1v) is 8.41. The van der Waals surface area contributed by atoms with Crippen molar-refractivity contribution in [3.8, 4) is 0 Å². The van der Waals surface area contributed by atoms with Crippen molar-refractivity contribution in [2.75, 3.05) is 38.5 Å². The molecule has 0 spiro atoms. The van der Waals surface area contributed by atoms with E-state index < -0.39 is 17.0 Å². The molecular formula is C16H23N5O4. The predicted octanol–water partition coefficient (Wildman–Crippen LogP) is -1.60. The van der Waals surface area contributed by atoms with Gasteiger partial charge in [-0.15, -0.1) is 0 Å². The van der Waals surface area contributed by atoms with Gasteiger partial charge in [0.1, 0.15) is 11.4 Å². The number of rotatable bonds is 4. The minimum atomic E-state index is -0.673. The van der Waals surface area contributed by atoms with Gasteiger partial charge in [-0.2, -0.15) is 0 Å². The van der Waals surface area contributed by atoms with Gasteiger partial charge in [0.25, 0.3) is 5.56 Å². The van der Waals surface area contributed by atoms with E-state index in [1.54, 1.807) is 0 Å². The van der Waals surface area contributed by atoms with Crippen molar-refractivity contribution < 1.29 is 9.59 Å². The van der Waals surface area contributed by atoms with Crippen LogP contribution in [0.3, 0.4) is 0 Å². The number of carbonyl (C=O) groups excluding carboxylic acids is 2. The average Bonchev–Trinajstić information content (AvgIpc) is 3.43. The topological polar surface area (TPSA) is 111 Å². The zero-order valence-electron chi connectivity index (χ0n) is 14.5. The van der Waals surface area contributed by atoms with Gasteiger partial charge in [-0.05, 0) is 12.8 Å². The fourth-order valence-corrected chi connectivity index (χ4v) is 3.12. The lowest BCUT2D eigenvalue weighted by molar-refractivity contribution is -0.134. The molecule has 0 atom stereocenters. The second-order valence-electron chi connectivity index (χ2n) is 6.76. The summed E-state index contributed by atoms with van der Waals surface area (Å²) in [4.78, 5) is 52.4. The fourth-order valence-electron chi connectivity index (χ4n) is 3.12. The van der Waals surface area contributed by atoms with Gasteiger partial charge in [-0.3, -0.25) is 28.4 Å². The molecule has 2 heterocycles. The molecule has 3 rings (SSSR count). The molecule has 2 N–H and O–H groups in total. The first-order chi connectivity index (χ1) is 11.8. The van der Waals surface area contributed by atoms with Crippen LogP contribution in [0.25, 0.3) is 0 Å². The van der Waals surface area contributed by atoms with Crippen molar-refractivity contribution in [3.05, 3.63) is 26.4 Å². The molecule has 9 heteroatoms. The third-order valence-corrected chi connectivity index (χ3v) is 4.97. The second kappa shape index (κ2) is 6.47. The van der Waals surface area contributed by atoms with Gasteiger partial charge in [0.15, 0.2) is 5.78 Å². The van der Waals surface area contributed by atoms with Crippen LogP contribution in [-0.2, 0) is 18.9 Å². The van der Waals surface area contributed by atoms with Gasteiger partial charge in [0.05, 0.1) is 6.54 Å². The summed E-state index contributed by atoms with van der Waals surface area (Å²) in [5, 5.41) is 0. The molecule has 9 nitrogen and oxygen atoms in total. The number of amides is 1. The third kappa shape index (κ3) is 3.23. The molecule has 2 aliphatic rings. The zero-order valence-corrected chi connectivity index (χ0v) is 14.5. The molecule has 25 heavy (non-hydrogen) atoms. The summed E-state index contributed by atoms with van der Waals surface area (Å²) in [6.07, 6.45) is 1.96. The lowest BCUT2D eigenvalue weighted by Gasteiger charge is -2.34. The van der Waals surface area contributed by atoms with Crippen molar-refractivity contribution >= 4 is 17.5 Å². The first-order valence-electron chi connectivity index (χ1n) is 8.41. The van der Waals surface area contributed by atoms with Crippen LogP contribution in [0.2, 0.25) is 0 Å². The number of aromatic nitrogens is 2. The van der Waals surface area contributed by atoms with E-state index in [-0.39, 0.29) is 29.8 Å². The molecule has 0 bridgehead atoms. The van der Waals surface area contributed by atoms with Crippen molar-refractivity contribution in [1.29, 1.82) is 0 Å². The summed E-state index contributed by atoms with van der Waals surface area (Å²) >= 11 is 0. The van der Waals surface area contributed by atoms with Crippen LogP contribution in [-0.4, -0.2) is 63.3 Å². The standard InChI is InChI=1S/C16H23N5O4/c1-18-13(17)12(15(24)19(2)16(18)25)11(22)9-20-5-7-21(8-6-20)14(23)10-3-4-10/h10H,3-9,17H2,1-2H3. The first kappa shape index (κ1) is 17.4. The van der Waals surface area contributed by atoms with Crippen molar-refractivity contribution in [2.45, 2.75) is 12.8 Å². The number of hydrogen-bond donors (Lipinski definition) is 1. The van der Waals surface area contributed by atoms with Gasteiger partial charge in [-0.25, -0.2) is 4.79 Å². The van der Waals surface area contributed by atoms with Crippen molar-refractivity contribution in [2.24, 2.45) is 20.0 Å². The van der Waals surface area contributed by atoms with Crippen molar-refractivity contribution in [3.63, 3.8) is 0 Å². The molecule has 136 valence electrons. The van der Waals surface area contributed by atoms with Gasteiger partial charge in [0.2, 0.25) is 5.91 Å². The van der Waals surface area contributed by atoms with E-state index in [0.717, 1.165) is 22.0 Å². The summed E-state index contributed by atoms with van der Waals surface area (Å²) in [6, 6.07) is 0. The number of anilines is 1. The molecule has 1 aromatic heterocycles. The Kier molecular flexibility index (Phi) is 4.51. The molecule has 1 aliphatic heterocycles. The fraction of sp³-hybridized carbons (Fsp3) is 0.625. The Balaban J connectivity index is 1.69. The Morgan fingerprint density at radius 3 is 2.20 bits per heavy atom. The van der Waals surface area contributed by atoms with Gasteiger partial charge >= 0.3 is 5.69 Å². The van der Waals surface area contributed by atoms with E-state index in [2.05, 4.69) is 0 Å². The van der Waals surface area contributed by atoms with Crippen LogP contribution < -0.4 is 17.0 Å². The van der Waals surface area contributed by atoms with Crippen LogP contribution >= 0.6 is 0 Å². The van der Waals surface area contributed by atoms with E-state index in [1.807, 2.05) is 9.80 Å². The van der Waals surface area contributed by atoms with Crippen LogP contribution in [0.15, 0.2) is 9.59 Å². The number of piperazine rings is 1. The molecule has 1 saturated heterocycles. The number of Topliss-reactive ketones (excluding diaryl/α,β-unsaturated/α-hetero) is 1. The zero-order chi connectivity index (χ0) is 18.3. The minimum Gasteiger partial charge on any atom is -0.384 e. The molecule has 2 fully saturated rings. The summed E-state index contributed by atoms with van der Waals surface area (Å²) in [6.45, 7) is 2.38. The SMILES string of the molecule is Cn1c(N)c(C(=O)CN2CCN(C(=O)C3CC3)CC2)c(=O)n(C)c1=O. The molecule has 1 saturated carbocycles. The molecule has 1 aliphatic carbocycles. The lowest BCUT2D eigenvalue weighted by atomic mass is 10.1. The Hall–Kier alpha value is -2.42. The summed E-state index contributed by atoms with van der Waals surface area (Å²) in [7, 11) is 2.75. The Morgan fingerprint density at radius 1 is 1.04 bits per heavy atom. The van der Waals surface area contributed by atoms with Crippen LogP contribution in [0.1, 0.15) is 23.2 Å². The lowest BCUT2D eigenvalue weighted by Crippen LogP contribution is -2.51. The highest BCUT2D eigenvalue weighted by molar-refractivity contribution is 6.01. The van der Waals surface area contributed by atoms with E-state index in [4.69, 9.17) is 5.73 Å². The molecule has 0 radical (unpaired) electrons. The predicted molar refractivity (Wildman–Crippen MR) is 91.4 cm³/mol. The third-order valence-electron chi connectivity index (χ3n) is 4.97. The van der Waals surface area contributed by atoms with E-state index in [9.17, 15) is 19.2 Å². The van der Waals surface area contributed by atoms with Crippen LogP contribution in [0.5, 0.6) is 0 Å². The van der Waals surface area contributed by atoms with Gasteiger partial charge < -0.3 is 10.6 Å². The quantitative estimate of drug-likeness (QED) is 0.656. The van der Waals surface area contributed by atoms with Crippen LogP contribution in [0.4, 0.5) is 5.82 Å². The van der Waals surface area contributed by atoms with E-state index >= 15 is 0 Å². The Morgan fingerprint density at radius 2 is 1.64 bits per heavy atom. The number of hydrogen-bond acceptors (Lipinski definition) is 6. The second-order valence-corrected chi connectivity index (χ2v) is 6.76. The highest BCUT2D eigenvalue weighted by atomic mass is 16.2. The number of nitrogens with two attached hydrogens (primary N) is 1. The number of ketones is 1. The summed E-state index contributed by atoms with van der Waals surface area (Å²) in [5.41, 5.74) is 4.43. The Bertz CT molecular complexity index is 828. The molecular weight excluding hydrogens is 326 g/mol. The highest BCUT2D eigenvalue weighted by Crippen LogP contribution is 2.31. The maximum Gasteiger partial charge on any atom is 0.332 e.